The number of carbonyl (C=O) groups is 3. The van der Waals surface area contributed by atoms with Gasteiger partial charge in [-0.1, -0.05) is 412 Å². The molecule has 1 unspecified atom stereocenters. The predicted octanol–water partition coefficient (Wildman–Crippen LogP) is 26.2. The zero-order chi connectivity index (χ0) is 59.2. The minimum absolute atomic E-state index is 0.0609. The highest BCUT2D eigenvalue weighted by Crippen LogP contribution is 2.20. The van der Waals surface area contributed by atoms with Crippen LogP contribution >= 0.6 is 0 Å². The van der Waals surface area contributed by atoms with Crippen molar-refractivity contribution in [3.8, 4) is 0 Å². The van der Waals surface area contributed by atoms with E-state index < -0.39 is 6.10 Å². The summed E-state index contributed by atoms with van der Waals surface area (Å²) in [6, 6.07) is 0. The largest absolute Gasteiger partial charge is 0.462 e. The van der Waals surface area contributed by atoms with Crippen LogP contribution in [0.5, 0.6) is 0 Å². The fourth-order valence-electron chi connectivity index (χ4n) is 12.2. The van der Waals surface area contributed by atoms with E-state index in [0.29, 0.717) is 19.3 Å². The van der Waals surface area contributed by atoms with E-state index in [1.54, 1.807) is 0 Å². The van der Waals surface area contributed by atoms with E-state index >= 15 is 0 Å². The van der Waals surface area contributed by atoms with Gasteiger partial charge in [0, 0.05) is 19.3 Å². The standard InChI is InChI=1S/C76H148O6/c1-4-7-10-13-16-19-21-23-25-27-29-31-33-34-35-36-37-38-39-40-41-42-43-44-46-47-49-51-53-55-57-60-63-66-69-75(78)81-72-73(71-80-74(77)68-65-62-59-18-15-12-9-6-3)82-76(79)70-67-64-61-58-56-54-52-50-48-45-32-30-28-26-24-22-20-17-14-11-8-5-2/h73H,4-72H2,1-3H3. The van der Waals surface area contributed by atoms with Crippen molar-refractivity contribution in [3.05, 3.63) is 0 Å². The summed E-state index contributed by atoms with van der Waals surface area (Å²) in [4.78, 5) is 38.3. The third-order valence-electron chi connectivity index (χ3n) is 17.9. The Morgan fingerprint density at radius 1 is 0.195 bits per heavy atom. The molecule has 0 saturated carbocycles. The highest BCUT2D eigenvalue weighted by molar-refractivity contribution is 5.71. The summed E-state index contributed by atoms with van der Waals surface area (Å²) in [5.74, 6) is -0.828. The van der Waals surface area contributed by atoms with Gasteiger partial charge in [0.2, 0.25) is 0 Å². The molecule has 0 heterocycles. The maximum Gasteiger partial charge on any atom is 0.306 e. The zero-order valence-electron chi connectivity index (χ0n) is 56.3. The van der Waals surface area contributed by atoms with Crippen molar-refractivity contribution in [2.75, 3.05) is 13.2 Å². The molecule has 0 fully saturated rings. The lowest BCUT2D eigenvalue weighted by Crippen LogP contribution is -2.30. The van der Waals surface area contributed by atoms with Gasteiger partial charge in [0.25, 0.3) is 0 Å². The lowest BCUT2D eigenvalue weighted by atomic mass is 10.0. The highest BCUT2D eigenvalue weighted by atomic mass is 16.6. The number of hydrogen-bond acceptors (Lipinski definition) is 6. The van der Waals surface area contributed by atoms with E-state index in [4.69, 9.17) is 14.2 Å². The van der Waals surface area contributed by atoms with Gasteiger partial charge in [0.1, 0.15) is 13.2 Å². The van der Waals surface area contributed by atoms with Crippen LogP contribution in [0.2, 0.25) is 0 Å². The number of carbonyl (C=O) groups excluding carboxylic acids is 3. The zero-order valence-corrected chi connectivity index (χ0v) is 56.3. The Balaban J connectivity index is 3.94. The van der Waals surface area contributed by atoms with Gasteiger partial charge in [-0.05, 0) is 19.3 Å². The second-order valence-electron chi connectivity index (χ2n) is 26.3. The van der Waals surface area contributed by atoms with Crippen LogP contribution in [0.1, 0.15) is 451 Å². The SMILES string of the molecule is CCCCCCCCCCCCCCCCCCCCCCCCCCCCCCCCCCCCC(=O)OCC(COC(=O)CCCCCCCCCC)OC(=O)CCCCCCCCCCCCCCCCCCCCCCCC. The second-order valence-corrected chi connectivity index (χ2v) is 26.3. The molecule has 0 radical (unpaired) electrons. The number of hydrogen-bond donors (Lipinski definition) is 0. The van der Waals surface area contributed by atoms with Crippen LogP contribution in [-0.2, 0) is 28.6 Å². The van der Waals surface area contributed by atoms with Crippen molar-refractivity contribution in [2.24, 2.45) is 0 Å². The summed E-state index contributed by atoms with van der Waals surface area (Å²) in [6.07, 6.45) is 86.2. The Morgan fingerprint density at radius 3 is 0.488 bits per heavy atom. The summed E-state index contributed by atoms with van der Waals surface area (Å²) in [5, 5.41) is 0. The third kappa shape index (κ3) is 69.2. The van der Waals surface area contributed by atoms with Crippen LogP contribution < -0.4 is 0 Å². The van der Waals surface area contributed by atoms with Crippen LogP contribution in [0.4, 0.5) is 0 Å². The van der Waals surface area contributed by atoms with Crippen LogP contribution in [0.25, 0.3) is 0 Å². The first kappa shape index (κ1) is 80.4. The van der Waals surface area contributed by atoms with E-state index in [-0.39, 0.29) is 31.1 Å². The van der Waals surface area contributed by atoms with Crippen LogP contribution in [-0.4, -0.2) is 37.2 Å². The van der Waals surface area contributed by atoms with Crippen LogP contribution in [0, 0.1) is 0 Å². The molecule has 82 heavy (non-hydrogen) atoms. The lowest BCUT2D eigenvalue weighted by molar-refractivity contribution is -0.167. The minimum atomic E-state index is -0.762. The number of unbranched alkanes of at least 4 members (excludes halogenated alkanes) is 61. The van der Waals surface area contributed by atoms with Crippen molar-refractivity contribution < 1.29 is 28.6 Å². The van der Waals surface area contributed by atoms with E-state index in [9.17, 15) is 14.4 Å². The molecule has 0 bridgehead atoms. The third-order valence-corrected chi connectivity index (χ3v) is 17.9. The molecule has 0 aliphatic rings. The number of esters is 3. The molecule has 488 valence electrons. The fourth-order valence-corrected chi connectivity index (χ4v) is 12.2. The molecule has 0 amide bonds. The molecular formula is C76H148O6. The van der Waals surface area contributed by atoms with Crippen LogP contribution in [0.15, 0.2) is 0 Å². The van der Waals surface area contributed by atoms with Crippen molar-refractivity contribution in [3.63, 3.8) is 0 Å². The summed E-state index contributed by atoms with van der Waals surface area (Å²) < 4.78 is 16.9. The van der Waals surface area contributed by atoms with Crippen molar-refractivity contribution in [1.29, 1.82) is 0 Å². The quantitative estimate of drug-likeness (QED) is 0.0343. The van der Waals surface area contributed by atoms with E-state index in [1.165, 1.54) is 353 Å². The monoisotopic (exact) mass is 1160 g/mol. The molecule has 0 aromatic carbocycles. The molecule has 0 aliphatic carbocycles. The van der Waals surface area contributed by atoms with Crippen molar-refractivity contribution in [2.45, 2.75) is 457 Å². The molecule has 0 spiro atoms. The van der Waals surface area contributed by atoms with Gasteiger partial charge < -0.3 is 14.2 Å². The molecule has 0 N–H and O–H groups in total. The van der Waals surface area contributed by atoms with Crippen molar-refractivity contribution in [1.82, 2.24) is 0 Å². The fraction of sp³-hybridized carbons (Fsp3) is 0.961. The molecule has 6 heteroatoms. The van der Waals surface area contributed by atoms with Gasteiger partial charge in [0.05, 0.1) is 0 Å². The van der Waals surface area contributed by atoms with Gasteiger partial charge in [-0.2, -0.15) is 0 Å². The Bertz CT molecular complexity index is 1240. The molecule has 1 atom stereocenters. The van der Waals surface area contributed by atoms with Crippen molar-refractivity contribution >= 4 is 17.9 Å². The van der Waals surface area contributed by atoms with E-state index in [1.807, 2.05) is 0 Å². The summed E-state index contributed by atoms with van der Waals surface area (Å²) >= 11 is 0. The Kier molecular flexibility index (Phi) is 70.5. The van der Waals surface area contributed by atoms with Gasteiger partial charge in [-0.3, -0.25) is 14.4 Å². The second kappa shape index (κ2) is 71.9. The van der Waals surface area contributed by atoms with Gasteiger partial charge in [-0.25, -0.2) is 0 Å². The lowest BCUT2D eigenvalue weighted by Gasteiger charge is -2.18. The molecule has 0 aliphatic heterocycles. The molecular weight excluding hydrogens is 1010 g/mol. The summed E-state index contributed by atoms with van der Waals surface area (Å²) in [6.45, 7) is 6.71. The maximum absolute atomic E-state index is 12.9. The van der Waals surface area contributed by atoms with Crippen LogP contribution in [0.3, 0.4) is 0 Å². The Morgan fingerprint density at radius 2 is 0.329 bits per heavy atom. The molecule has 0 aromatic rings. The number of rotatable bonds is 72. The van der Waals surface area contributed by atoms with Gasteiger partial charge >= 0.3 is 17.9 Å². The molecule has 0 rings (SSSR count). The van der Waals surface area contributed by atoms with Gasteiger partial charge in [-0.15, -0.1) is 0 Å². The first-order chi connectivity index (χ1) is 40.5. The van der Waals surface area contributed by atoms with E-state index in [2.05, 4.69) is 20.8 Å². The highest BCUT2D eigenvalue weighted by Gasteiger charge is 2.20. The molecule has 0 aromatic heterocycles. The normalized spacial score (nSPS) is 11.9. The Hall–Kier alpha value is -1.59. The Labute approximate surface area is 514 Å². The smallest absolute Gasteiger partial charge is 0.306 e. The molecule has 6 nitrogen and oxygen atoms in total. The summed E-state index contributed by atoms with van der Waals surface area (Å²) in [7, 11) is 0. The van der Waals surface area contributed by atoms with Gasteiger partial charge in [0.15, 0.2) is 6.10 Å². The van der Waals surface area contributed by atoms with E-state index in [0.717, 1.165) is 57.8 Å². The number of ether oxygens (including phenoxy) is 3. The minimum Gasteiger partial charge on any atom is -0.462 e. The predicted molar refractivity (Wildman–Crippen MR) is 358 cm³/mol. The topological polar surface area (TPSA) is 78.9 Å². The first-order valence-corrected chi connectivity index (χ1v) is 38.0. The average Bonchev–Trinajstić information content (AvgIpc) is 3.47. The summed E-state index contributed by atoms with van der Waals surface area (Å²) in [5.41, 5.74) is 0. The average molecular weight is 1160 g/mol. The molecule has 0 saturated heterocycles. The first-order valence-electron chi connectivity index (χ1n) is 38.0. The maximum atomic E-state index is 12.9.